The van der Waals surface area contributed by atoms with Gasteiger partial charge in [-0.25, -0.2) is 8.42 Å². The summed E-state index contributed by atoms with van der Waals surface area (Å²) in [4.78, 5) is 49.8. The van der Waals surface area contributed by atoms with Crippen molar-refractivity contribution in [3.8, 4) is 0 Å². The van der Waals surface area contributed by atoms with Crippen LogP contribution >= 0.6 is 7.82 Å². The summed E-state index contributed by atoms with van der Waals surface area (Å²) in [5.74, 6) is -1.74. The third-order valence-electron chi connectivity index (χ3n) is 4.99. The molecule has 3 unspecified atom stereocenters. The summed E-state index contributed by atoms with van der Waals surface area (Å²) in [6.45, 7) is 8.26. The maximum absolute atomic E-state index is 12.1. The normalized spacial score (nSPS) is 13.6. The van der Waals surface area contributed by atoms with E-state index in [2.05, 4.69) is 13.8 Å². The quantitative estimate of drug-likeness (QED) is 0.0827. The first kappa shape index (κ1) is 42.6. The second kappa shape index (κ2) is 23.6. The van der Waals surface area contributed by atoms with Crippen molar-refractivity contribution in [2.75, 3.05) is 13.2 Å². The number of unbranched alkanes of at least 4 members (excludes halogenated alkanes) is 2. The van der Waals surface area contributed by atoms with Crippen molar-refractivity contribution in [2.45, 2.75) is 90.7 Å². The first-order chi connectivity index (χ1) is 15.2. The van der Waals surface area contributed by atoms with Crippen molar-refractivity contribution in [3.05, 3.63) is 0 Å². The molecule has 3 atom stereocenters. The molecule has 0 aliphatic heterocycles. The smallest absolute Gasteiger partial charge is 0.822 e. The predicted molar refractivity (Wildman–Crippen MR) is 114 cm³/mol. The van der Waals surface area contributed by atoms with Gasteiger partial charge in [0.05, 0.1) is 19.6 Å². The molecule has 0 heterocycles. The Morgan fingerprint density at radius 3 is 1.54 bits per heavy atom. The molecular weight excluding hydrogens is 558 g/mol. The van der Waals surface area contributed by atoms with Gasteiger partial charge >= 0.3 is 58.6 Å². The van der Waals surface area contributed by atoms with Crippen LogP contribution < -0.4 is 44.2 Å². The van der Waals surface area contributed by atoms with Gasteiger partial charge in [-0.05, 0) is 24.7 Å². The van der Waals surface area contributed by atoms with Gasteiger partial charge in [-0.2, -0.15) is 7.82 Å². The van der Waals surface area contributed by atoms with Crippen molar-refractivity contribution in [3.63, 3.8) is 0 Å². The summed E-state index contributed by atoms with van der Waals surface area (Å²) in [7, 11) is -10.4. The largest absolute Gasteiger partial charge is 3.00 e. The van der Waals surface area contributed by atoms with E-state index < -0.39 is 41.6 Å². The molecule has 0 N–H and O–H groups in total. The summed E-state index contributed by atoms with van der Waals surface area (Å²) in [6.07, 6.45) is 6.58. The number of hydrogen-bond acceptors (Lipinski definition) is 11. The zero-order chi connectivity index (χ0) is 26.1. The zero-order valence-electron chi connectivity index (χ0n) is 21.2. The van der Waals surface area contributed by atoms with Crippen LogP contribution in [0.2, 0.25) is 0 Å². The van der Waals surface area contributed by atoms with E-state index in [0.29, 0.717) is 0 Å². The Labute approximate surface area is 242 Å². The molecule has 15 heteroatoms. The molecule has 0 saturated heterocycles. The van der Waals surface area contributed by atoms with Crippen LogP contribution in [0.5, 0.6) is 0 Å². The Kier molecular flexibility index (Phi) is 28.7. The predicted octanol–water partition coefficient (Wildman–Crippen LogP) is -2.01. The van der Waals surface area contributed by atoms with Crippen LogP contribution in [0.15, 0.2) is 0 Å². The van der Waals surface area contributed by atoms with Crippen molar-refractivity contribution in [1.82, 2.24) is 0 Å². The molecule has 11 nitrogen and oxygen atoms in total. The second-order valence-corrected chi connectivity index (χ2v) is 10.2. The molecule has 0 amide bonds. The third kappa shape index (κ3) is 27.3. The van der Waals surface area contributed by atoms with Crippen LogP contribution in [0.4, 0.5) is 0 Å². The standard InChI is InChI=1S/C20H38O7S.Fe.Na.H3O4P/c1-5-9-11-16(7-3)14-26-19(21)13-18(28(23,24)25)20(22)27-15-17(8-4)12-10-6-2;;;1-5(2,3)4/h16-18H,5-15H2,1-4H3,(H,23,24,25);;;(H3,1,2,3,4)/q;+3;+1;/p-4. The Morgan fingerprint density at radius 1 is 0.857 bits per heavy atom. The average molecular weight is 595 g/mol. The Balaban J connectivity index is -0.000000619. The Hall–Kier alpha value is 0.479. The van der Waals surface area contributed by atoms with E-state index in [4.69, 9.17) is 28.7 Å². The second-order valence-electron chi connectivity index (χ2n) is 7.78. The van der Waals surface area contributed by atoms with E-state index in [9.17, 15) is 22.6 Å². The van der Waals surface area contributed by atoms with Gasteiger partial charge in [0.2, 0.25) is 0 Å². The molecule has 203 valence electrons. The number of hydrogen-bond donors (Lipinski definition) is 0. The van der Waals surface area contributed by atoms with E-state index in [0.717, 1.165) is 51.4 Å². The molecule has 0 spiro atoms. The number of phosphoric acid groups is 1. The molecule has 0 aromatic rings. The maximum atomic E-state index is 12.1. The number of carbonyl (C=O) groups excluding carboxylic acids is 2. The molecule has 0 aromatic carbocycles. The van der Waals surface area contributed by atoms with E-state index in [1.165, 1.54) is 0 Å². The van der Waals surface area contributed by atoms with Crippen LogP contribution in [-0.4, -0.2) is 43.4 Å². The van der Waals surface area contributed by atoms with Crippen LogP contribution in [0.1, 0.15) is 85.5 Å². The Bertz CT molecular complexity index is 695. The molecule has 0 aromatic heterocycles. The number of carbonyl (C=O) groups is 2. The van der Waals surface area contributed by atoms with Gasteiger partial charge in [-0.15, -0.1) is 0 Å². The van der Waals surface area contributed by atoms with Crippen molar-refractivity contribution in [2.24, 2.45) is 11.8 Å². The summed E-state index contributed by atoms with van der Waals surface area (Å²) < 4.78 is 53.1. The third-order valence-corrected chi connectivity index (χ3v) is 6.05. The fourth-order valence-corrected chi connectivity index (χ4v) is 3.46. The molecular formula is C20H37FeNaO11PS. The summed E-state index contributed by atoms with van der Waals surface area (Å²) in [6, 6.07) is 0. The molecule has 0 bridgehead atoms. The number of esters is 2. The van der Waals surface area contributed by atoms with E-state index in [1.807, 2.05) is 13.8 Å². The van der Waals surface area contributed by atoms with Gasteiger partial charge in [0.15, 0.2) is 5.25 Å². The summed E-state index contributed by atoms with van der Waals surface area (Å²) in [5.41, 5.74) is 0. The van der Waals surface area contributed by atoms with Gasteiger partial charge in [-0.3, -0.25) is 9.59 Å². The first-order valence-electron chi connectivity index (χ1n) is 11.2. The molecule has 0 aliphatic rings. The summed E-state index contributed by atoms with van der Waals surface area (Å²) >= 11 is 0. The van der Waals surface area contributed by atoms with Gasteiger partial charge in [0, 0.05) is 0 Å². The van der Waals surface area contributed by atoms with Gasteiger partial charge in [0.25, 0.3) is 0 Å². The maximum Gasteiger partial charge on any atom is 3.00 e. The van der Waals surface area contributed by atoms with Gasteiger partial charge in [0.1, 0.15) is 10.1 Å². The van der Waals surface area contributed by atoms with Gasteiger partial charge in [-0.1, -0.05) is 66.2 Å². The van der Waals surface area contributed by atoms with Crippen molar-refractivity contribution in [1.29, 1.82) is 0 Å². The molecule has 1 radical (unpaired) electrons. The molecule has 0 saturated carbocycles. The van der Waals surface area contributed by atoms with E-state index in [-0.39, 0.29) is 71.7 Å². The minimum Gasteiger partial charge on any atom is -0.822 e. The van der Waals surface area contributed by atoms with Crippen LogP contribution in [0.3, 0.4) is 0 Å². The Morgan fingerprint density at radius 2 is 1.23 bits per heavy atom. The first-order valence-corrected chi connectivity index (χ1v) is 14.1. The topological polar surface area (TPSA) is 196 Å². The summed E-state index contributed by atoms with van der Waals surface area (Å²) in [5, 5.41) is -2.06. The van der Waals surface area contributed by atoms with Crippen molar-refractivity contribution < 1.29 is 97.9 Å². The van der Waals surface area contributed by atoms with E-state index in [1.54, 1.807) is 0 Å². The van der Waals surface area contributed by atoms with Crippen LogP contribution in [-0.2, 0) is 50.8 Å². The minimum atomic E-state index is -5.39. The van der Waals surface area contributed by atoms with Crippen molar-refractivity contribution >= 4 is 29.9 Å². The average Bonchev–Trinajstić information content (AvgIpc) is 2.70. The molecule has 0 rings (SSSR count). The SMILES string of the molecule is CCCCC(CC)COC(=O)CC(C(=O)OCC(CC)CCCC)S(=O)(=O)[O-].O=P([O-])([O-])[O-].[Fe+3].[Na+]. The van der Waals surface area contributed by atoms with Crippen LogP contribution in [0, 0.1) is 11.8 Å². The molecule has 35 heavy (non-hydrogen) atoms. The van der Waals surface area contributed by atoms with E-state index >= 15 is 0 Å². The number of rotatable bonds is 16. The van der Waals surface area contributed by atoms with Crippen LogP contribution in [0.25, 0.3) is 0 Å². The minimum absolute atomic E-state index is 0. The van der Waals surface area contributed by atoms with Gasteiger partial charge < -0.3 is 33.3 Å². The molecule has 0 aliphatic carbocycles. The fourth-order valence-electron chi connectivity index (χ4n) is 2.81. The fraction of sp³-hybridized carbons (Fsp3) is 0.900. The monoisotopic (exact) mass is 595 g/mol. The zero-order valence-corrected chi connectivity index (χ0v) is 26.0. The molecule has 0 fully saturated rings. The number of ether oxygens (including phenoxy) is 2.